The van der Waals surface area contributed by atoms with Crippen molar-refractivity contribution in [2.45, 2.75) is 25.7 Å². The molecule has 3 rings (SSSR count). The van der Waals surface area contributed by atoms with Gasteiger partial charge in [-0.15, -0.1) is 0 Å². The van der Waals surface area contributed by atoms with Crippen LogP contribution in [0.3, 0.4) is 0 Å². The van der Waals surface area contributed by atoms with E-state index < -0.39 is 0 Å². The van der Waals surface area contributed by atoms with Gasteiger partial charge < -0.3 is 11.1 Å². The van der Waals surface area contributed by atoms with Crippen LogP contribution in [0.15, 0.2) is 36.4 Å². The number of benzene rings is 2. The molecule has 2 aromatic carbocycles. The zero-order chi connectivity index (χ0) is 13.9. The van der Waals surface area contributed by atoms with Crippen molar-refractivity contribution < 1.29 is 0 Å². The minimum absolute atomic E-state index is 0.586. The average Bonchev–Trinajstić information content (AvgIpc) is 2.49. The first-order chi connectivity index (χ1) is 9.78. The summed E-state index contributed by atoms with van der Waals surface area (Å²) in [4.78, 5) is 0. The lowest BCUT2D eigenvalue weighted by atomic mass is 9.90. The maximum Gasteiger partial charge on any atom is 0.0992 e. The van der Waals surface area contributed by atoms with Gasteiger partial charge in [0, 0.05) is 5.69 Å². The van der Waals surface area contributed by atoms with Gasteiger partial charge in [0.25, 0.3) is 0 Å². The number of nitriles is 1. The number of nitrogens with two attached hydrogens (primary N) is 1. The van der Waals surface area contributed by atoms with Crippen LogP contribution in [0.2, 0.25) is 0 Å². The van der Waals surface area contributed by atoms with E-state index in [9.17, 15) is 0 Å². The number of nitrogens with one attached hydrogen (secondary N) is 1. The van der Waals surface area contributed by atoms with Crippen molar-refractivity contribution in [3.63, 3.8) is 0 Å². The monoisotopic (exact) mass is 263 g/mol. The SMILES string of the molecule is N#Cc1ccc(Nc2cccc3c2CCCC3)c(N)c1. The molecule has 1 aliphatic rings. The topological polar surface area (TPSA) is 61.8 Å². The van der Waals surface area contributed by atoms with Crippen LogP contribution in [-0.4, -0.2) is 0 Å². The van der Waals surface area contributed by atoms with E-state index in [-0.39, 0.29) is 0 Å². The van der Waals surface area contributed by atoms with Crippen molar-refractivity contribution in [3.8, 4) is 6.07 Å². The normalized spacial score (nSPS) is 13.3. The van der Waals surface area contributed by atoms with Gasteiger partial charge in [0.15, 0.2) is 0 Å². The van der Waals surface area contributed by atoms with Crippen molar-refractivity contribution in [2.24, 2.45) is 0 Å². The van der Waals surface area contributed by atoms with E-state index in [1.807, 2.05) is 6.07 Å². The first kappa shape index (κ1) is 12.6. The number of nitrogens with zero attached hydrogens (tertiary/aromatic N) is 1. The summed E-state index contributed by atoms with van der Waals surface area (Å²) >= 11 is 0. The van der Waals surface area contributed by atoms with E-state index in [0.29, 0.717) is 11.3 Å². The molecule has 0 radical (unpaired) electrons. The van der Waals surface area contributed by atoms with Gasteiger partial charge in [-0.25, -0.2) is 0 Å². The minimum Gasteiger partial charge on any atom is -0.397 e. The summed E-state index contributed by atoms with van der Waals surface area (Å²) in [6.45, 7) is 0. The van der Waals surface area contributed by atoms with E-state index in [1.165, 1.54) is 24.0 Å². The zero-order valence-electron chi connectivity index (χ0n) is 11.3. The van der Waals surface area contributed by atoms with Crippen LogP contribution in [0.25, 0.3) is 0 Å². The maximum atomic E-state index is 8.87. The summed E-state index contributed by atoms with van der Waals surface area (Å²) in [6, 6.07) is 13.9. The summed E-state index contributed by atoms with van der Waals surface area (Å²) in [7, 11) is 0. The fraction of sp³-hybridized carbons (Fsp3) is 0.235. The highest BCUT2D eigenvalue weighted by Gasteiger charge is 2.13. The third-order valence-corrected chi connectivity index (χ3v) is 3.85. The second-order valence-corrected chi connectivity index (χ2v) is 5.19. The van der Waals surface area contributed by atoms with Crippen LogP contribution in [0, 0.1) is 11.3 Å². The van der Waals surface area contributed by atoms with Crippen molar-refractivity contribution >= 4 is 17.1 Å². The summed E-state index contributed by atoms with van der Waals surface area (Å²) in [6.07, 6.45) is 4.80. The lowest BCUT2D eigenvalue weighted by molar-refractivity contribution is 0.687. The molecule has 3 N–H and O–H groups in total. The number of nitrogen functional groups attached to an aromatic ring is 1. The van der Waals surface area contributed by atoms with Crippen LogP contribution in [0.5, 0.6) is 0 Å². The molecule has 3 heteroatoms. The van der Waals surface area contributed by atoms with Crippen molar-refractivity contribution in [2.75, 3.05) is 11.1 Å². The van der Waals surface area contributed by atoms with E-state index in [4.69, 9.17) is 11.0 Å². The molecule has 0 saturated heterocycles. The molecule has 3 nitrogen and oxygen atoms in total. The van der Waals surface area contributed by atoms with Crippen LogP contribution in [0.4, 0.5) is 17.1 Å². The first-order valence-electron chi connectivity index (χ1n) is 6.95. The van der Waals surface area contributed by atoms with Gasteiger partial charge in [0.2, 0.25) is 0 Å². The van der Waals surface area contributed by atoms with Crippen LogP contribution in [-0.2, 0) is 12.8 Å². The fourth-order valence-electron chi connectivity index (χ4n) is 2.79. The van der Waals surface area contributed by atoms with E-state index in [0.717, 1.165) is 24.2 Å². The Morgan fingerprint density at radius 1 is 1.05 bits per heavy atom. The lowest BCUT2D eigenvalue weighted by Crippen LogP contribution is -2.06. The molecule has 0 fully saturated rings. The molecule has 2 aromatic rings. The van der Waals surface area contributed by atoms with Crippen molar-refractivity contribution in [1.82, 2.24) is 0 Å². The van der Waals surface area contributed by atoms with Crippen LogP contribution >= 0.6 is 0 Å². The van der Waals surface area contributed by atoms with Gasteiger partial charge in [-0.05, 0) is 61.1 Å². The molecular weight excluding hydrogens is 246 g/mol. The Kier molecular flexibility index (Phi) is 3.30. The maximum absolute atomic E-state index is 8.87. The Bertz CT molecular complexity index is 683. The quantitative estimate of drug-likeness (QED) is 0.811. The predicted molar refractivity (Wildman–Crippen MR) is 81.9 cm³/mol. The van der Waals surface area contributed by atoms with Crippen LogP contribution in [0.1, 0.15) is 29.5 Å². The molecule has 0 atom stereocenters. The van der Waals surface area contributed by atoms with Crippen molar-refractivity contribution in [1.29, 1.82) is 5.26 Å². The molecule has 20 heavy (non-hydrogen) atoms. The predicted octanol–water partition coefficient (Wildman–Crippen LogP) is 3.76. The fourth-order valence-corrected chi connectivity index (χ4v) is 2.79. The molecular formula is C17H17N3. The average molecular weight is 263 g/mol. The lowest BCUT2D eigenvalue weighted by Gasteiger charge is -2.20. The number of fused-ring (bicyclic) bond motifs is 1. The number of anilines is 3. The Balaban J connectivity index is 1.94. The smallest absolute Gasteiger partial charge is 0.0992 e. The number of rotatable bonds is 2. The highest BCUT2D eigenvalue weighted by molar-refractivity contribution is 5.75. The largest absolute Gasteiger partial charge is 0.397 e. The zero-order valence-corrected chi connectivity index (χ0v) is 11.3. The minimum atomic E-state index is 0.586. The van der Waals surface area contributed by atoms with Gasteiger partial charge in [-0.2, -0.15) is 5.26 Å². The molecule has 0 bridgehead atoms. The Hall–Kier alpha value is -2.47. The third-order valence-electron chi connectivity index (χ3n) is 3.85. The molecule has 0 aliphatic heterocycles. The number of hydrogen-bond donors (Lipinski definition) is 2. The Morgan fingerprint density at radius 3 is 2.70 bits per heavy atom. The van der Waals surface area contributed by atoms with E-state index in [2.05, 4.69) is 29.6 Å². The van der Waals surface area contributed by atoms with E-state index in [1.54, 1.807) is 12.1 Å². The first-order valence-corrected chi connectivity index (χ1v) is 6.95. The van der Waals surface area contributed by atoms with Gasteiger partial charge in [-0.3, -0.25) is 0 Å². The summed E-state index contributed by atoms with van der Waals surface area (Å²) in [5.41, 5.74) is 12.0. The highest BCUT2D eigenvalue weighted by atomic mass is 14.9. The summed E-state index contributed by atoms with van der Waals surface area (Å²) < 4.78 is 0. The Morgan fingerprint density at radius 2 is 1.90 bits per heavy atom. The molecule has 0 amide bonds. The summed E-state index contributed by atoms with van der Waals surface area (Å²) in [5, 5.41) is 12.3. The van der Waals surface area contributed by atoms with Crippen molar-refractivity contribution in [3.05, 3.63) is 53.1 Å². The second-order valence-electron chi connectivity index (χ2n) is 5.19. The molecule has 0 unspecified atom stereocenters. The molecule has 100 valence electrons. The van der Waals surface area contributed by atoms with Crippen LogP contribution < -0.4 is 11.1 Å². The summed E-state index contributed by atoms with van der Waals surface area (Å²) in [5.74, 6) is 0. The molecule has 0 spiro atoms. The molecule has 1 aliphatic carbocycles. The number of aryl methyl sites for hydroxylation is 1. The van der Waals surface area contributed by atoms with E-state index >= 15 is 0 Å². The number of hydrogen-bond acceptors (Lipinski definition) is 3. The van der Waals surface area contributed by atoms with Gasteiger partial charge in [0.1, 0.15) is 0 Å². The van der Waals surface area contributed by atoms with Gasteiger partial charge in [-0.1, -0.05) is 12.1 Å². The molecule has 0 aromatic heterocycles. The third kappa shape index (κ3) is 2.33. The highest BCUT2D eigenvalue weighted by Crippen LogP contribution is 2.31. The second kappa shape index (κ2) is 5.26. The van der Waals surface area contributed by atoms with Gasteiger partial charge >= 0.3 is 0 Å². The standard InChI is InChI=1S/C17H17N3/c18-11-12-8-9-17(15(19)10-12)20-16-7-3-5-13-4-1-2-6-14(13)16/h3,5,7-10,20H,1-2,4,6,19H2. The molecule has 0 saturated carbocycles. The molecule has 0 heterocycles. The Labute approximate surface area is 119 Å². The van der Waals surface area contributed by atoms with Gasteiger partial charge in [0.05, 0.1) is 23.0 Å².